The number of aliphatic hydroxyl groups excluding tert-OH is 1. The highest BCUT2D eigenvalue weighted by Gasteiger charge is 2.24. The van der Waals surface area contributed by atoms with Gasteiger partial charge in [-0.3, -0.25) is 4.79 Å². The number of aromatic nitrogens is 2. The van der Waals surface area contributed by atoms with Crippen LogP contribution in [-0.2, 0) is 11.2 Å². The van der Waals surface area contributed by atoms with Gasteiger partial charge in [0.2, 0.25) is 17.6 Å². The molecule has 1 aliphatic rings. The molecule has 1 saturated heterocycles. The third kappa shape index (κ3) is 5.06. The highest BCUT2D eigenvalue weighted by atomic mass is 32.2. The molecule has 2 heterocycles. The summed E-state index contributed by atoms with van der Waals surface area (Å²) in [5.41, 5.74) is 0.887. The molecule has 0 bridgehead atoms. The van der Waals surface area contributed by atoms with E-state index in [0.29, 0.717) is 24.1 Å². The van der Waals surface area contributed by atoms with Gasteiger partial charge in [0.15, 0.2) is 0 Å². The first-order valence-corrected chi connectivity index (χ1v) is 9.77. The van der Waals surface area contributed by atoms with Gasteiger partial charge >= 0.3 is 0 Å². The summed E-state index contributed by atoms with van der Waals surface area (Å²) in [4.78, 5) is 16.5. The van der Waals surface area contributed by atoms with Gasteiger partial charge in [-0.15, -0.1) is 0 Å². The molecule has 7 heteroatoms. The molecule has 1 aromatic heterocycles. The first-order chi connectivity index (χ1) is 12.3. The quantitative estimate of drug-likeness (QED) is 0.787. The lowest BCUT2D eigenvalue weighted by Crippen LogP contribution is -2.44. The number of aliphatic hydroxyl groups is 1. The number of rotatable bonds is 7. The average Bonchev–Trinajstić information content (AvgIpc) is 3.15. The van der Waals surface area contributed by atoms with E-state index in [9.17, 15) is 9.90 Å². The van der Waals surface area contributed by atoms with E-state index in [4.69, 9.17) is 4.52 Å². The van der Waals surface area contributed by atoms with Gasteiger partial charge in [0.05, 0.1) is 12.6 Å². The molecule has 0 spiro atoms. The minimum absolute atomic E-state index is 0.0141. The summed E-state index contributed by atoms with van der Waals surface area (Å²) in [5, 5.41) is 16.5. The molecule has 2 N–H and O–H groups in total. The van der Waals surface area contributed by atoms with Crippen molar-refractivity contribution >= 4 is 17.7 Å². The van der Waals surface area contributed by atoms with E-state index >= 15 is 0 Å². The first kappa shape index (κ1) is 17.9. The smallest absolute Gasteiger partial charge is 0.227 e. The fourth-order valence-corrected chi connectivity index (χ4v) is 4.13. The summed E-state index contributed by atoms with van der Waals surface area (Å²) in [7, 11) is 0. The molecule has 1 fully saturated rings. The number of hydrogen-bond donors (Lipinski definition) is 2. The highest BCUT2D eigenvalue weighted by Crippen LogP contribution is 2.25. The summed E-state index contributed by atoms with van der Waals surface area (Å²) in [6, 6.07) is 9.42. The zero-order valence-corrected chi connectivity index (χ0v) is 14.9. The van der Waals surface area contributed by atoms with Crippen molar-refractivity contribution in [3.63, 3.8) is 0 Å². The van der Waals surface area contributed by atoms with Crippen molar-refractivity contribution in [3.8, 4) is 11.4 Å². The van der Waals surface area contributed by atoms with Gasteiger partial charge in [0, 0.05) is 18.4 Å². The highest BCUT2D eigenvalue weighted by molar-refractivity contribution is 7.99. The molecule has 2 aromatic rings. The zero-order chi connectivity index (χ0) is 17.5. The third-order valence-corrected chi connectivity index (χ3v) is 5.49. The van der Waals surface area contributed by atoms with Crippen molar-refractivity contribution in [2.24, 2.45) is 5.92 Å². The molecular formula is C18H23N3O3S. The fourth-order valence-electron chi connectivity index (χ4n) is 2.99. The molecule has 25 heavy (non-hydrogen) atoms. The number of aryl methyl sites for hydroxylation is 1. The first-order valence-electron chi connectivity index (χ1n) is 8.62. The number of amides is 1. The molecule has 1 atom stereocenters. The molecule has 0 aliphatic carbocycles. The Morgan fingerprint density at radius 2 is 2.08 bits per heavy atom. The monoisotopic (exact) mass is 361 g/mol. The second-order valence-corrected chi connectivity index (χ2v) is 7.41. The lowest BCUT2D eigenvalue weighted by Gasteiger charge is -2.29. The van der Waals surface area contributed by atoms with E-state index in [2.05, 4.69) is 15.5 Å². The molecule has 6 nitrogen and oxygen atoms in total. The maximum Gasteiger partial charge on any atom is 0.227 e. The Hall–Kier alpha value is -1.86. The van der Waals surface area contributed by atoms with Crippen LogP contribution >= 0.6 is 11.8 Å². The average molecular weight is 361 g/mol. The predicted molar refractivity (Wildman–Crippen MR) is 97.1 cm³/mol. The van der Waals surface area contributed by atoms with Gasteiger partial charge in [-0.25, -0.2) is 0 Å². The number of thioether (sulfide) groups is 1. The largest absolute Gasteiger partial charge is 0.394 e. The van der Waals surface area contributed by atoms with Crippen molar-refractivity contribution in [1.82, 2.24) is 15.5 Å². The molecule has 3 rings (SSSR count). The van der Waals surface area contributed by atoms with Gasteiger partial charge < -0.3 is 14.9 Å². The Bertz CT molecular complexity index is 671. The van der Waals surface area contributed by atoms with Crippen molar-refractivity contribution in [1.29, 1.82) is 0 Å². The maximum absolute atomic E-state index is 12.2. The SMILES string of the molecule is O=C(CCc1nc(-c2ccccc2)no1)NC(CO)C1CCSCC1. The summed E-state index contributed by atoms with van der Waals surface area (Å²) >= 11 is 1.93. The van der Waals surface area contributed by atoms with Crippen LogP contribution in [0.3, 0.4) is 0 Å². The Morgan fingerprint density at radius 1 is 1.32 bits per heavy atom. The summed E-state index contributed by atoms with van der Waals surface area (Å²) in [6.45, 7) is -0.0141. The second-order valence-electron chi connectivity index (χ2n) is 6.18. The normalized spacial score (nSPS) is 16.5. The number of hydrogen-bond acceptors (Lipinski definition) is 6. The van der Waals surface area contributed by atoms with Gasteiger partial charge in [0.25, 0.3) is 0 Å². The lowest BCUT2D eigenvalue weighted by molar-refractivity contribution is -0.122. The van der Waals surface area contributed by atoms with Crippen LogP contribution in [0, 0.1) is 5.92 Å². The molecule has 1 unspecified atom stereocenters. The van der Waals surface area contributed by atoms with Crippen LogP contribution in [0.25, 0.3) is 11.4 Å². The third-order valence-electron chi connectivity index (χ3n) is 4.44. The number of nitrogens with zero attached hydrogens (tertiary/aromatic N) is 2. The fraction of sp³-hybridized carbons (Fsp3) is 0.500. The molecular weight excluding hydrogens is 338 g/mol. The number of carbonyl (C=O) groups excluding carboxylic acids is 1. The topological polar surface area (TPSA) is 88.2 Å². The number of benzene rings is 1. The van der Waals surface area contributed by atoms with Gasteiger partial charge in [-0.05, 0) is 30.3 Å². The van der Waals surface area contributed by atoms with Gasteiger partial charge in [-0.1, -0.05) is 35.5 Å². The van der Waals surface area contributed by atoms with E-state index in [0.717, 1.165) is 29.9 Å². The van der Waals surface area contributed by atoms with Crippen LogP contribution in [-0.4, -0.2) is 45.3 Å². The molecule has 1 amide bonds. The van der Waals surface area contributed by atoms with Crippen LogP contribution in [0.4, 0.5) is 0 Å². The molecule has 134 valence electrons. The van der Waals surface area contributed by atoms with Crippen molar-refractivity contribution in [3.05, 3.63) is 36.2 Å². The molecule has 0 saturated carbocycles. The van der Waals surface area contributed by atoms with Crippen LogP contribution in [0.1, 0.15) is 25.2 Å². The Balaban J connectivity index is 1.49. The predicted octanol–water partition coefficient (Wildman–Crippen LogP) is 2.29. The van der Waals surface area contributed by atoms with Gasteiger partial charge in [-0.2, -0.15) is 16.7 Å². The summed E-state index contributed by atoms with van der Waals surface area (Å²) < 4.78 is 5.22. The van der Waals surface area contributed by atoms with E-state index < -0.39 is 0 Å². The Labute approximate surface area is 151 Å². The van der Waals surface area contributed by atoms with E-state index in [1.54, 1.807) is 0 Å². The van der Waals surface area contributed by atoms with Crippen LogP contribution < -0.4 is 5.32 Å². The Morgan fingerprint density at radius 3 is 2.80 bits per heavy atom. The van der Waals surface area contributed by atoms with Crippen molar-refractivity contribution < 1.29 is 14.4 Å². The van der Waals surface area contributed by atoms with Crippen LogP contribution in [0.5, 0.6) is 0 Å². The number of nitrogens with one attached hydrogen (secondary N) is 1. The van der Waals surface area contributed by atoms with E-state index in [1.807, 2.05) is 42.1 Å². The zero-order valence-electron chi connectivity index (χ0n) is 14.1. The summed E-state index contributed by atoms with van der Waals surface area (Å²) in [5.74, 6) is 3.45. The van der Waals surface area contributed by atoms with Crippen LogP contribution in [0.15, 0.2) is 34.9 Å². The van der Waals surface area contributed by atoms with Crippen LogP contribution in [0.2, 0.25) is 0 Å². The minimum atomic E-state index is -0.157. The minimum Gasteiger partial charge on any atom is -0.394 e. The van der Waals surface area contributed by atoms with Gasteiger partial charge in [0.1, 0.15) is 0 Å². The van der Waals surface area contributed by atoms with Crippen molar-refractivity contribution in [2.75, 3.05) is 18.1 Å². The Kier molecular flexibility index (Phi) is 6.47. The standard InChI is InChI=1S/C18H23N3O3S/c22-12-15(13-8-10-25-11-9-13)19-16(23)6-7-17-20-18(21-24-17)14-4-2-1-3-5-14/h1-5,13,15,22H,6-12H2,(H,19,23). The van der Waals surface area contributed by atoms with E-state index in [-0.39, 0.29) is 25.0 Å². The summed E-state index contributed by atoms with van der Waals surface area (Å²) in [6.07, 6.45) is 2.75. The van der Waals surface area contributed by atoms with Crippen molar-refractivity contribution in [2.45, 2.75) is 31.7 Å². The lowest BCUT2D eigenvalue weighted by atomic mass is 9.94. The number of carbonyl (C=O) groups is 1. The second kappa shape index (κ2) is 9.01. The molecule has 0 radical (unpaired) electrons. The molecule has 1 aromatic carbocycles. The maximum atomic E-state index is 12.2. The van der Waals surface area contributed by atoms with E-state index in [1.165, 1.54) is 0 Å². The molecule has 1 aliphatic heterocycles.